The zero-order valence-electron chi connectivity index (χ0n) is 13.6. The highest BCUT2D eigenvalue weighted by Gasteiger charge is 2.04. The Labute approximate surface area is 149 Å². The first-order chi connectivity index (χ1) is 11.6. The quantitative estimate of drug-likeness (QED) is 0.579. The van der Waals surface area contributed by atoms with Gasteiger partial charge in [0.25, 0.3) is 5.91 Å². The van der Waals surface area contributed by atoms with Crippen molar-refractivity contribution in [2.45, 2.75) is 13.8 Å². The minimum absolute atomic E-state index is 0.0982. The number of rotatable bonds is 7. The van der Waals surface area contributed by atoms with Crippen LogP contribution in [0.2, 0.25) is 0 Å². The van der Waals surface area contributed by atoms with Crippen LogP contribution in [0.3, 0.4) is 0 Å². The number of hydrogen-bond donors (Lipinski definition) is 1. The van der Waals surface area contributed by atoms with Crippen molar-refractivity contribution in [3.8, 4) is 11.5 Å². The molecular formula is C18H19BrN2O3. The van der Waals surface area contributed by atoms with Crippen LogP contribution in [0.25, 0.3) is 0 Å². The number of hydrogen-bond acceptors (Lipinski definition) is 4. The fourth-order valence-corrected chi connectivity index (χ4v) is 2.35. The van der Waals surface area contributed by atoms with Gasteiger partial charge in [0, 0.05) is 10.0 Å². The second kappa shape index (κ2) is 9.08. The molecule has 6 heteroatoms. The molecule has 0 spiro atoms. The summed E-state index contributed by atoms with van der Waals surface area (Å²) < 4.78 is 11.9. The van der Waals surface area contributed by atoms with E-state index in [1.165, 1.54) is 0 Å². The van der Waals surface area contributed by atoms with E-state index < -0.39 is 0 Å². The van der Waals surface area contributed by atoms with Crippen molar-refractivity contribution < 1.29 is 14.3 Å². The van der Waals surface area contributed by atoms with Crippen molar-refractivity contribution in [2.75, 3.05) is 13.2 Å². The first-order valence-corrected chi connectivity index (χ1v) is 8.32. The zero-order chi connectivity index (χ0) is 17.4. The molecule has 2 aromatic carbocycles. The molecule has 0 aromatic heterocycles. The van der Waals surface area contributed by atoms with Crippen LogP contribution in [0.5, 0.6) is 11.5 Å². The minimum atomic E-state index is -0.331. The van der Waals surface area contributed by atoms with E-state index in [-0.39, 0.29) is 12.5 Å². The van der Waals surface area contributed by atoms with Crippen LogP contribution in [-0.4, -0.2) is 25.3 Å². The molecule has 0 saturated heterocycles. The number of benzene rings is 2. The number of carbonyl (C=O) groups is 1. The van der Waals surface area contributed by atoms with Gasteiger partial charge in [0.15, 0.2) is 6.61 Å². The Hall–Kier alpha value is -2.34. The molecule has 5 nitrogen and oxygen atoms in total. The summed E-state index contributed by atoms with van der Waals surface area (Å²) >= 11 is 3.40. The molecule has 24 heavy (non-hydrogen) atoms. The summed E-state index contributed by atoms with van der Waals surface area (Å²) in [6.45, 7) is 4.29. The fraction of sp³-hybridized carbons (Fsp3) is 0.222. The van der Waals surface area contributed by atoms with Crippen molar-refractivity contribution in [1.82, 2.24) is 5.43 Å². The number of hydrazone groups is 1. The van der Waals surface area contributed by atoms with E-state index >= 15 is 0 Å². The summed E-state index contributed by atoms with van der Waals surface area (Å²) in [7, 11) is 0. The van der Waals surface area contributed by atoms with Crippen LogP contribution in [-0.2, 0) is 4.79 Å². The second-order valence-electron chi connectivity index (χ2n) is 4.96. The monoisotopic (exact) mass is 390 g/mol. The number of nitrogens with one attached hydrogen (secondary N) is 1. The average molecular weight is 391 g/mol. The van der Waals surface area contributed by atoms with Crippen molar-refractivity contribution in [2.24, 2.45) is 5.10 Å². The largest absolute Gasteiger partial charge is 0.493 e. The summed E-state index contributed by atoms with van der Waals surface area (Å²) in [6, 6.07) is 13.1. The first kappa shape index (κ1) is 18.0. The van der Waals surface area contributed by atoms with Gasteiger partial charge in [0.05, 0.1) is 12.8 Å². The zero-order valence-corrected chi connectivity index (χ0v) is 15.2. The maximum atomic E-state index is 11.8. The van der Waals surface area contributed by atoms with E-state index in [0.717, 1.165) is 15.6 Å². The summed E-state index contributed by atoms with van der Waals surface area (Å²) in [5, 5.41) is 3.95. The van der Waals surface area contributed by atoms with Gasteiger partial charge in [0.2, 0.25) is 0 Å². The second-order valence-corrected chi connectivity index (χ2v) is 5.88. The molecule has 2 aromatic rings. The predicted octanol–water partition coefficient (Wildman–Crippen LogP) is 3.69. The lowest BCUT2D eigenvalue weighted by Crippen LogP contribution is -2.24. The van der Waals surface area contributed by atoms with Gasteiger partial charge in [-0.15, -0.1) is 0 Å². The predicted molar refractivity (Wildman–Crippen MR) is 97.7 cm³/mol. The third kappa shape index (κ3) is 5.38. The highest BCUT2D eigenvalue weighted by Crippen LogP contribution is 2.21. The van der Waals surface area contributed by atoms with Gasteiger partial charge in [-0.2, -0.15) is 5.10 Å². The van der Waals surface area contributed by atoms with Gasteiger partial charge < -0.3 is 9.47 Å². The Morgan fingerprint density at radius 2 is 2.00 bits per heavy atom. The van der Waals surface area contributed by atoms with Crippen LogP contribution in [0.15, 0.2) is 52.0 Å². The molecule has 0 atom stereocenters. The summed E-state index contributed by atoms with van der Waals surface area (Å²) in [4.78, 5) is 11.8. The number of nitrogens with zero attached hydrogens (tertiary/aromatic N) is 1. The molecule has 0 aliphatic carbocycles. The molecule has 1 amide bonds. The lowest BCUT2D eigenvalue weighted by molar-refractivity contribution is -0.123. The van der Waals surface area contributed by atoms with E-state index in [9.17, 15) is 4.79 Å². The fourth-order valence-electron chi connectivity index (χ4n) is 1.97. The molecule has 0 aliphatic heterocycles. The molecule has 0 saturated carbocycles. The number of aryl methyl sites for hydroxylation is 1. The molecule has 0 bridgehead atoms. The maximum absolute atomic E-state index is 11.8. The standard InChI is InChI=1S/C18H19BrN2O3/c1-3-23-17-9-8-15(19)10-14(17)11-20-21-18(22)12-24-16-7-5-4-6-13(16)2/h4-11H,3,12H2,1-2H3,(H,21,22)/b20-11-. The SMILES string of the molecule is CCOc1ccc(Br)cc1/C=N\NC(=O)COc1ccccc1C. The highest BCUT2D eigenvalue weighted by molar-refractivity contribution is 9.10. The van der Waals surface area contributed by atoms with Crippen molar-refractivity contribution in [3.05, 3.63) is 58.1 Å². The lowest BCUT2D eigenvalue weighted by Gasteiger charge is -2.08. The summed E-state index contributed by atoms with van der Waals surface area (Å²) in [6.07, 6.45) is 1.54. The molecule has 0 heterocycles. The molecule has 0 radical (unpaired) electrons. The Bertz CT molecular complexity index is 732. The van der Waals surface area contributed by atoms with Crippen LogP contribution < -0.4 is 14.9 Å². The van der Waals surface area contributed by atoms with E-state index in [1.807, 2.05) is 56.3 Å². The van der Waals surface area contributed by atoms with Gasteiger partial charge in [-0.1, -0.05) is 34.1 Å². The Morgan fingerprint density at radius 3 is 2.75 bits per heavy atom. The molecule has 2 rings (SSSR count). The number of carbonyl (C=O) groups excluding carboxylic acids is 1. The maximum Gasteiger partial charge on any atom is 0.277 e. The topological polar surface area (TPSA) is 59.9 Å². The Kier molecular flexibility index (Phi) is 6.81. The molecule has 0 fully saturated rings. The van der Waals surface area contributed by atoms with E-state index in [0.29, 0.717) is 18.1 Å². The number of para-hydroxylation sites is 1. The average Bonchev–Trinajstić information content (AvgIpc) is 2.56. The van der Waals surface area contributed by atoms with Gasteiger partial charge in [-0.25, -0.2) is 5.43 Å². The smallest absolute Gasteiger partial charge is 0.277 e. The van der Waals surface area contributed by atoms with E-state index in [2.05, 4.69) is 26.5 Å². The van der Waals surface area contributed by atoms with Crippen LogP contribution in [0.1, 0.15) is 18.1 Å². The molecule has 1 N–H and O–H groups in total. The molecule has 0 aliphatic rings. The normalized spacial score (nSPS) is 10.6. The number of ether oxygens (including phenoxy) is 2. The molecule has 126 valence electrons. The molecular weight excluding hydrogens is 372 g/mol. The van der Waals surface area contributed by atoms with Gasteiger partial charge in [-0.05, 0) is 43.7 Å². The van der Waals surface area contributed by atoms with Crippen LogP contribution in [0, 0.1) is 6.92 Å². The van der Waals surface area contributed by atoms with Crippen LogP contribution >= 0.6 is 15.9 Å². The summed E-state index contributed by atoms with van der Waals surface area (Å²) in [5.41, 5.74) is 4.19. The van der Waals surface area contributed by atoms with Crippen molar-refractivity contribution >= 4 is 28.1 Å². The number of amides is 1. The van der Waals surface area contributed by atoms with Crippen molar-refractivity contribution in [1.29, 1.82) is 0 Å². The Morgan fingerprint density at radius 1 is 1.21 bits per heavy atom. The van der Waals surface area contributed by atoms with E-state index in [4.69, 9.17) is 9.47 Å². The minimum Gasteiger partial charge on any atom is -0.493 e. The Balaban J connectivity index is 1.90. The van der Waals surface area contributed by atoms with Gasteiger partial charge >= 0.3 is 0 Å². The third-order valence-electron chi connectivity index (χ3n) is 3.12. The van der Waals surface area contributed by atoms with Gasteiger partial charge in [0.1, 0.15) is 11.5 Å². The summed E-state index contributed by atoms with van der Waals surface area (Å²) in [5.74, 6) is 1.06. The third-order valence-corrected chi connectivity index (χ3v) is 3.61. The van der Waals surface area contributed by atoms with Gasteiger partial charge in [-0.3, -0.25) is 4.79 Å². The van der Waals surface area contributed by atoms with Crippen LogP contribution in [0.4, 0.5) is 0 Å². The molecule has 0 unspecified atom stereocenters. The van der Waals surface area contributed by atoms with E-state index in [1.54, 1.807) is 6.21 Å². The number of halogens is 1. The van der Waals surface area contributed by atoms with Crippen molar-refractivity contribution in [3.63, 3.8) is 0 Å². The lowest BCUT2D eigenvalue weighted by atomic mass is 10.2. The highest BCUT2D eigenvalue weighted by atomic mass is 79.9. The first-order valence-electron chi connectivity index (χ1n) is 7.53.